The molecule has 13 heteroatoms. The Hall–Kier alpha value is -5.56. The van der Waals surface area contributed by atoms with Gasteiger partial charge in [0.1, 0.15) is 23.7 Å². The van der Waals surface area contributed by atoms with Crippen LogP contribution < -0.4 is 0 Å². The van der Waals surface area contributed by atoms with E-state index in [1.807, 2.05) is 0 Å². The Balaban J connectivity index is 1.40. The number of carbonyl (C=O) groups excluding carboxylic acids is 3. The van der Waals surface area contributed by atoms with E-state index in [0.29, 0.717) is 0 Å². The number of carbonyl (C=O) groups is 3. The lowest BCUT2D eigenvalue weighted by Gasteiger charge is -2.25. The molecule has 0 saturated carbocycles. The smallest absolute Gasteiger partial charge is 0.338 e. The van der Waals surface area contributed by atoms with Gasteiger partial charge in [0.2, 0.25) is 11.8 Å². The maximum atomic E-state index is 15.0. The van der Waals surface area contributed by atoms with Crippen LogP contribution in [0.4, 0.5) is 13.2 Å². The molecule has 0 amide bonds. The van der Waals surface area contributed by atoms with E-state index in [9.17, 15) is 27.6 Å². The molecule has 1 saturated heterocycles. The van der Waals surface area contributed by atoms with Crippen LogP contribution in [0.2, 0.25) is 0 Å². The predicted molar refractivity (Wildman–Crippen MR) is 149 cm³/mol. The van der Waals surface area contributed by atoms with Gasteiger partial charge in [0.15, 0.2) is 18.4 Å². The molecule has 10 nitrogen and oxygen atoms in total. The number of pyridine rings is 1. The number of ether oxygens (including phenoxy) is 4. The van der Waals surface area contributed by atoms with Gasteiger partial charge < -0.3 is 18.9 Å². The van der Waals surface area contributed by atoms with Gasteiger partial charge in [0.05, 0.1) is 23.0 Å². The number of halogens is 3. The fourth-order valence-electron chi connectivity index (χ4n) is 4.89. The number of rotatable bonds is 8. The van der Waals surface area contributed by atoms with Gasteiger partial charge in [0.25, 0.3) is 5.95 Å². The zero-order valence-electron chi connectivity index (χ0n) is 23.1. The first-order chi connectivity index (χ1) is 21.8. The third kappa shape index (κ3) is 5.97. The highest BCUT2D eigenvalue weighted by Crippen LogP contribution is 2.38. The SMILES string of the molecule is O=C(OC[C@H]1O[C@@H](n2cnc3c(F)c(F)nc(F)c32)[C@H](OC(=O)c2ccccc2)[C@@H]1OC(=O)c1ccccc1)c1ccccc1. The van der Waals surface area contributed by atoms with Crippen LogP contribution in [0.15, 0.2) is 97.3 Å². The minimum Gasteiger partial charge on any atom is -0.459 e. The number of hydrogen-bond acceptors (Lipinski definition) is 9. The number of hydrogen-bond donors (Lipinski definition) is 0. The molecule has 0 spiro atoms. The zero-order chi connectivity index (χ0) is 31.5. The van der Waals surface area contributed by atoms with Gasteiger partial charge in [0, 0.05) is 0 Å². The topological polar surface area (TPSA) is 119 Å². The van der Waals surface area contributed by atoms with Crippen LogP contribution in [-0.4, -0.2) is 57.4 Å². The summed E-state index contributed by atoms with van der Waals surface area (Å²) in [6, 6.07) is 23.8. The van der Waals surface area contributed by atoms with E-state index in [1.165, 1.54) is 36.4 Å². The number of fused-ring (bicyclic) bond motifs is 1. The molecular formula is C32H22F3N3O7. The molecule has 0 radical (unpaired) electrons. The minimum atomic E-state index is -1.70. The molecule has 1 fully saturated rings. The first-order valence-electron chi connectivity index (χ1n) is 13.6. The molecule has 0 bridgehead atoms. The quantitative estimate of drug-likeness (QED) is 0.134. The third-order valence-electron chi connectivity index (χ3n) is 7.03. The molecule has 3 aromatic carbocycles. The van der Waals surface area contributed by atoms with E-state index in [4.69, 9.17) is 18.9 Å². The maximum absolute atomic E-state index is 15.0. The van der Waals surface area contributed by atoms with E-state index in [2.05, 4.69) is 9.97 Å². The standard InChI is InChI=1S/C32H22F3N3O7/c33-22-23-24(28(35)37-27(22)34)38(17-36-23)29-26(45-32(41)20-14-8-3-9-15-20)25(44-31(40)19-12-6-2-7-13-19)21(43-29)16-42-30(39)18-10-4-1-5-11-18/h1-15,17,21,25-26,29H,16H2/t21-,25-,26-,29-/m1/s1. The molecule has 6 rings (SSSR count). The van der Waals surface area contributed by atoms with Crippen LogP contribution in [0.25, 0.3) is 11.0 Å². The summed E-state index contributed by atoms with van der Waals surface area (Å²) >= 11 is 0. The van der Waals surface area contributed by atoms with Crippen molar-refractivity contribution < 1.29 is 46.5 Å². The van der Waals surface area contributed by atoms with Crippen molar-refractivity contribution in [2.45, 2.75) is 24.5 Å². The average Bonchev–Trinajstić information content (AvgIpc) is 3.66. The van der Waals surface area contributed by atoms with Crippen LogP contribution in [0.1, 0.15) is 37.3 Å². The summed E-state index contributed by atoms with van der Waals surface area (Å²) < 4.78 is 67.6. The zero-order valence-corrected chi connectivity index (χ0v) is 23.1. The molecule has 1 aliphatic rings. The Labute approximate surface area is 252 Å². The fraction of sp³-hybridized carbons (Fsp3) is 0.156. The van der Waals surface area contributed by atoms with E-state index in [0.717, 1.165) is 10.9 Å². The van der Waals surface area contributed by atoms with Crippen molar-refractivity contribution in [3.05, 3.63) is 132 Å². The Morgan fingerprint density at radius 1 is 0.711 bits per heavy atom. The van der Waals surface area contributed by atoms with Crippen LogP contribution in [0, 0.1) is 17.7 Å². The molecule has 1 aliphatic heterocycles. The first-order valence-corrected chi connectivity index (χ1v) is 13.6. The van der Waals surface area contributed by atoms with Crippen molar-refractivity contribution in [1.82, 2.24) is 14.5 Å². The molecular weight excluding hydrogens is 595 g/mol. The van der Waals surface area contributed by atoms with Gasteiger partial charge in [-0.05, 0) is 36.4 Å². The first kappa shape index (κ1) is 29.5. The molecule has 45 heavy (non-hydrogen) atoms. The third-order valence-corrected chi connectivity index (χ3v) is 7.03. The largest absolute Gasteiger partial charge is 0.459 e. The molecule has 228 valence electrons. The van der Waals surface area contributed by atoms with Gasteiger partial charge in [-0.1, -0.05) is 54.6 Å². The number of imidazole rings is 1. The lowest BCUT2D eigenvalue weighted by atomic mass is 10.1. The summed E-state index contributed by atoms with van der Waals surface area (Å²) in [6.07, 6.45) is -4.85. The molecule has 0 unspecified atom stereocenters. The number of nitrogens with zero attached hydrogens (tertiary/aromatic N) is 3. The van der Waals surface area contributed by atoms with Crippen molar-refractivity contribution in [2.75, 3.05) is 6.61 Å². The summed E-state index contributed by atoms with van der Waals surface area (Å²) in [6.45, 7) is -0.507. The van der Waals surface area contributed by atoms with E-state index in [1.54, 1.807) is 54.6 Å². The summed E-state index contributed by atoms with van der Waals surface area (Å²) in [5, 5.41) is 0. The van der Waals surface area contributed by atoms with Gasteiger partial charge in [-0.3, -0.25) is 4.57 Å². The summed E-state index contributed by atoms with van der Waals surface area (Å²) in [5.41, 5.74) is -0.804. The van der Waals surface area contributed by atoms with Crippen molar-refractivity contribution in [1.29, 1.82) is 0 Å². The minimum absolute atomic E-state index is 0.125. The Morgan fingerprint density at radius 3 is 1.78 bits per heavy atom. The van der Waals surface area contributed by atoms with Crippen LogP contribution in [-0.2, 0) is 18.9 Å². The number of esters is 3. The second-order valence-corrected chi connectivity index (χ2v) is 9.86. The van der Waals surface area contributed by atoms with Crippen molar-refractivity contribution in [3.8, 4) is 0 Å². The van der Waals surface area contributed by atoms with E-state index >= 15 is 0 Å². The highest BCUT2D eigenvalue weighted by molar-refractivity contribution is 5.91. The van der Waals surface area contributed by atoms with Crippen LogP contribution >= 0.6 is 0 Å². The molecule has 4 atom stereocenters. The number of aromatic nitrogens is 3. The van der Waals surface area contributed by atoms with Gasteiger partial charge in [-0.15, -0.1) is 0 Å². The highest BCUT2D eigenvalue weighted by atomic mass is 19.2. The van der Waals surface area contributed by atoms with Gasteiger partial charge in [-0.2, -0.15) is 18.2 Å². The van der Waals surface area contributed by atoms with E-state index < -0.39 is 77.8 Å². The Kier molecular flexibility index (Phi) is 8.25. The highest BCUT2D eigenvalue weighted by Gasteiger charge is 2.52. The predicted octanol–water partition coefficient (Wildman–Crippen LogP) is 5.05. The van der Waals surface area contributed by atoms with E-state index in [-0.39, 0.29) is 16.7 Å². The summed E-state index contributed by atoms with van der Waals surface area (Å²) in [5.74, 6) is -7.06. The van der Waals surface area contributed by atoms with Crippen molar-refractivity contribution in [3.63, 3.8) is 0 Å². The molecule has 0 aliphatic carbocycles. The number of benzene rings is 3. The molecule has 0 N–H and O–H groups in total. The lowest BCUT2D eigenvalue weighted by Crippen LogP contribution is -2.41. The Bertz CT molecular complexity index is 1860. The molecule has 5 aromatic rings. The summed E-state index contributed by atoms with van der Waals surface area (Å²) in [4.78, 5) is 46.1. The molecule has 3 heterocycles. The maximum Gasteiger partial charge on any atom is 0.338 e. The molecule has 2 aromatic heterocycles. The monoisotopic (exact) mass is 617 g/mol. The van der Waals surface area contributed by atoms with Crippen molar-refractivity contribution in [2.24, 2.45) is 0 Å². The second-order valence-electron chi connectivity index (χ2n) is 9.86. The fourth-order valence-corrected chi connectivity index (χ4v) is 4.89. The summed E-state index contributed by atoms with van der Waals surface area (Å²) in [7, 11) is 0. The van der Waals surface area contributed by atoms with Crippen LogP contribution in [0.3, 0.4) is 0 Å². The van der Waals surface area contributed by atoms with Crippen LogP contribution in [0.5, 0.6) is 0 Å². The van der Waals surface area contributed by atoms with Gasteiger partial charge in [-0.25, -0.2) is 19.4 Å². The normalized spacial score (nSPS) is 19.3. The van der Waals surface area contributed by atoms with Crippen molar-refractivity contribution >= 4 is 28.9 Å². The second kappa shape index (κ2) is 12.6. The Morgan fingerprint density at radius 2 is 1.22 bits per heavy atom. The van der Waals surface area contributed by atoms with Gasteiger partial charge >= 0.3 is 17.9 Å². The lowest BCUT2D eigenvalue weighted by molar-refractivity contribution is -0.0606. The average molecular weight is 618 g/mol.